The van der Waals surface area contributed by atoms with Crippen molar-refractivity contribution in [3.63, 3.8) is 0 Å². The SMILES string of the molecule is CCc1cc(CC(=O)c2ccc(CCN)cc2)n(CC)n1. The topological polar surface area (TPSA) is 60.9 Å². The summed E-state index contributed by atoms with van der Waals surface area (Å²) in [6, 6.07) is 9.77. The van der Waals surface area contributed by atoms with Crippen molar-refractivity contribution in [3.05, 3.63) is 52.8 Å². The number of hydrogen-bond acceptors (Lipinski definition) is 3. The fourth-order valence-electron chi connectivity index (χ4n) is 2.39. The minimum Gasteiger partial charge on any atom is -0.330 e. The minimum atomic E-state index is 0.131. The molecule has 21 heavy (non-hydrogen) atoms. The molecule has 2 N–H and O–H groups in total. The van der Waals surface area contributed by atoms with Crippen LogP contribution in [-0.2, 0) is 25.8 Å². The Morgan fingerprint density at radius 3 is 2.52 bits per heavy atom. The molecule has 0 fully saturated rings. The van der Waals surface area contributed by atoms with Gasteiger partial charge in [0.2, 0.25) is 0 Å². The van der Waals surface area contributed by atoms with E-state index in [-0.39, 0.29) is 5.78 Å². The highest BCUT2D eigenvalue weighted by Crippen LogP contribution is 2.12. The van der Waals surface area contributed by atoms with Gasteiger partial charge in [-0.05, 0) is 37.9 Å². The van der Waals surface area contributed by atoms with Gasteiger partial charge in [0.05, 0.1) is 12.1 Å². The third-order valence-electron chi connectivity index (χ3n) is 3.63. The number of ketones is 1. The summed E-state index contributed by atoms with van der Waals surface area (Å²) in [7, 11) is 0. The summed E-state index contributed by atoms with van der Waals surface area (Å²) in [6.07, 6.45) is 2.13. The first-order valence-corrected chi connectivity index (χ1v) is 7.55. The molecule has 0 aliphatic carbocycles. The van der Waals surface area contributed by atoms with E-state index in [1.54, 1.807) is 0 Å². The molecule has 2 rings (SSSR count). The molecule has 112 valence electrons. The van der Waals surface area contributed by atoms with Gasteiger partial charge in [0, 0.05) is 17.8 Å². The van der Waals surface area contributed by atoms with Crippen molar-refractivity contribution in [3.8, 4) is 0 Å². The zero-order valence-electron chi connectivity index (χ0n) is 12.8. The molecular weight excluding hydrogens is 262 g/mol. The lowest BCUT2D eigenvalue weighted by atomic mass is 10.0. The Morgan fingerprint density at radius 1 is 1.24 bits per heavy atom. The largest absolute Gasteiger partial charge is 0.330 e. The van der Waals surface area contributed by atoms with Gasteiger partial charge in [0.25, 0.3) is 0 Å². The van der Waals surface area contributed by atoms with Gasteiger partial charge in [-0.1, -0.05) is 31.2 Å². The lowest BCUT2D eigenvalue weighted by Crippen LogP contribution is -2.10. The predicted molar refractivity (Wildman–Crippen MR) is 84.5 cm³/mol. The predicted octanol–water partition coefficient (Wildman–Crippen LogP) is 2.39. The summed E-state index contributed by atoms with van der Waals surface area (Å²) in [5, 5.41) is 4.48. The van der Waals surface area contributed by atoms with Gasteiger partial charge in [0.15, 0.2) is 5.78 Å². The third-order valence-corrected chi connectivity index (χ3v) is 3.63. The Bertz CT molecular complexity index is 599. The summed E-state index contributed by atoms with van der Waals surface area (Å²) < 4.78 is 1.92. The first-order valence-electron chi connectivity index (χ1n) is 7.55. The van der Waals surface area contributed by atoms with E-state index in [1.165, 1.54) is 5.56 Å². The molecule has 0 unspecified atom stereocenters. The molecule has 1 heterocycles. The Kier molecular flexibility index (Phi) is 5.28. The Labute approximate surface area is 126 Å². The fraction of sp³-hybridized carbons (Fsp3) is 0.412. The van der Waals surface area contributed by atoms with E-state index in [0.29, 0.717) is 13.0 Å². The monoisotopic (exact) mass is 285 g/mol. The van der Waals surface area contributed by atoms with Crippen molar-refractivity contribution in [2.24, 2.45) is 5.73 Å². The van der Waals surface area contributed by atoms with Crippen LogP contribution in [-0.4, -0.2) is 22.1 Å². The van der Waals surface area contributed by atoms with Gasteiger partial charge >= 0.3 is 0 Å². The maximum atomic E-state index is 12.4. The van der Waals surface area contributed by atoms with E-state index in [2.05, 4.69) is 12.0 Å². The van der Waals surface area contributed by atoms with Crippen LogP contribution in [0.15, 0.2) is 30.3 Å². The van der Waals surface area contributed by atoms with Crippen molar-refractivity contribution >= 4 is 5.78 Å². The summed E-state index contributed by atoms with van der Waals surface area (Å²) >= 11 is 0. The van der Waals surface area contributed by atoms with Crippen LogP contribution in [0.2, 0.25) is 0 Å². The molecule has 4 nitrogen and oxygen atoms in total. The molecule has 0 radical (unpaired) electrons. The smallest absolute Gasteiger partial charge is 0.168 e. The van der Waals surface area contributed by atoms with Crippen LogP contribution in [0.5, 0.6) is 0 Å². The summed E-state index contributed by atoms with van der Waals surface area (Å²) in [5.74, 6) is 0.131. The maximum Gasteiger partial charge on any atom is 0.168 e. The van der Waals surface area contributed by atoms with Crippen molar-refractivity contribution in [2.45, 2.75) is 39.7 Å². The number of nitrogens with zero attached hydrogens (tertiary/aromatic N) is 2. The summed E-state index contributed by atoms with van der Waals surface area (Å²) in [5.41, 5.74) is 9.48. The minimum absolute atomic E-state index is 0.131. The van der Waals surface area contributed by atoms with Crippen LogP contribution in [0.4, 0.5) is 0 Å². The maximum absolute atomic E-state index is 12.4. The highest BCUT2D eigenvalue weighted by Gasteiger charge is 2.12. The number of carbonyl (C=O) groups excluding carboxylic acids is 1. The first kappa shape index (κ1) is 15.4. The van der Waals surface area contributed by atoms with Crippen LogP contribution >= 0.6 is 0 Å². The summed E-state index contributed by atoms with van der Waals surface area (Å²) in [6.45, 7) is 5.53. The normalized spacial score (nSPS) is 10.8. The second-order valence-corrected chi connectivity index (χ2v) is 5.13. The Morgan fingerprint density at radius 2 is 1.95 bits per heavy atom. The van der Waals surface area contributed by atoms with E-state index in [9.17, 15) is 4.79 Å². The van der Waals surface area contributed by atoms with Crippen LogP contribution in [0.25, 0.3) is 0 Å². The molecule has 4 heteroatoms. The quantitative estimate of drug-likeness (QED) is 0.795. The van der Waals surface area contributed by atoms with E-state index >= 15 is 0 Å². The van der Waals surface area contributed by atoms with Crippen molar-refractivity contribution in [1.82, 2.24) is 9.78 Å². The van der Waals surface area contributed by atoms with E-state index < -0.39 is 0 Å². The van der Waals surface area contributed by atoms with Crippen molar-refractivity contribution in [2.75, 3.05) is 6.54 Å². The fourth-order valence-corrected chi connectivity index (χ4v) is 2.39. The number of rotatable bonds is 7. The van der Waals surface area contributed by atoms with Crippen LogP contribution in [0.3, 0.4) is 0 Å². The molecule has 0 saturated carbocycles. The molecule has 0 saturated heterocycles. The van der Waals surface area contributed by atoms with Crippen LogP contribution in [0.1, 0.15) is 41.2 Å². The highest BCUT2D eigenvalue weighted by molar-refractivity contribution is 5.97. The Balaban J connectivity index is 2.11. The number of hydrogen-bond donors (Lipinski definition) is 1. The van der Waals surface area contributed by atoms with Crippen LogP contribution < -0.4 is 5.73 Å². The number of carbonyl (C=O) groups is 1. The third kappa shape index (κ3) is 3.79. The lowest BCUT2D eigenvalue weighted by Gasteiger charge is -2.05. The van der Waals surface area contributed by atoms with Crippen molar-refractivity contribution in [1.29, 1.82) is 0 Å². The number of aromatic nitrogens is 2. The number of Topliss-reactive ketones (excluding diaryl/α,β-unsaturated/α-hetero) is 1. The van der Waals surface area contributed by atoms with Gasteiger partial charge in [-0.3, -0.25) is 9.48 Å². The number of aryl methyl sites for hydroxylation is 2. The molecule has 0 spiro atoms. The molecule has 0 aliphatic heterocycles. The van der Waals surface area contributed by atoms with Crippen molar-refractivity contribution < 1.29 is 4.79 Å². The molecule has 0 atom stereocenters. The molecular formula is C17H23N3O. The van der Waals surface area contributed by atoms with Gasteiger partial charge < -0.3 is 5.73 Å². The van der Waals surface area contributed by atoms with Gasteiger partial charge in [-0.2, -0.15) is 5.10 Å². The first-order chi connectivity index (χ1) is 10.2. The standard InChI is InChI=1S/C17H23N3O/c1-3-15-11-16(20(4-2)19-15)12-17(21)14-7-5-13(6-8-14)9-10-18/h5-8,11H,3-4,9-10,12,18H2,1-2H3. The molecule has 1 aromatic heterocycles. The van der Waals surface area contributed by atoms with E-state index in [0.717, 1.165) is 36.3 Å². The van der Waals surface area contributed by atoms with E-state index in [1.807, 2.05) is 41.9 Å². The second-order valence-electron chi connectivity index (χ2n) is 5.13. The van der Waals surface area contributed by atoms with Gasteiger partial charge in [0.1, 0.15) is 0 Å². The second kappa shape index (κ2) is 7.18. The number of nitrogens with two attached hydrogens (primary N) is 1. The lowest BCUT2D eigenvalue weighted by molar-refractivity contribution is 0.0990. The highest BCUT2D eigenvalue weighted by atomic mass is 16.1. The molecule has 0 aliphatic rings. The van der Waals surface area contributed by atoms with Gasteiger partial charge in [-0.15, -0.1) is 0 Å². The zero-order chi connectivity index (χ0) is 15.2. The van der Waals surface area contributed by atoms with E-state index in [4.69, 9.17) is 5.73 Å². The average Bonchev–Trinajstić information content (AvgIpc) is 2.90. The zero-order valence-corrected chi connectivity index (χ0v) is 12.8. The average molecular weight is 285 g/mol. The molecule has 0 amide bonds. The van der Waals surface area contributed by atoms with Crippen LogP contribution in [0, 0.1) is 0 Å². The molecule has 0 bridgehead atoms. The summed E-state index contributed by atoms with van der Waals surface area (Å²) in [4.78, 5) is 12.4. The van der Waals surface area contributed by atoms with Gasteiger partial charge in [-0.25, -0.2) is 0 Å². The molecule has 2 aromatic rings. The Hall–Kier alpha value is -1.94. The number of benzene rings is 1. The molecule has 1 aromatic carbocycles.